The van der Waals surface area contributed by atoms with Crippen molar-refractivity contribution in [2.45, 2.75) is 13.5 Å². The van der Waals surface area contributed by atoms with Crippen LogP contribution in [-0.4, -0.2) is 15.3 Å². The monoisotopic (exact) mass is 411 g/mol. The van der Waals surface area contributed by atoms with Crippen LogP contribution >= 0.6 is 31.9 Å². The van der Waals surface area contributed by atoms with Crippen molar-refractivity contribution in [1.82, 2.24) is 14.7 Å². The summed E-state index contributed by atoms with van der Waals surface area (Å²) in [6.45, 7) is 2.34. The Morgan fingerprint density at radius 3 is 2.90 bits per heavy atom. The van der Waals surface area contributed by atoms with E-state index in [-0.39, 0.29) is 11.7 Å². The van der Waals surface area contributed by atoms with Crippen LogP contribution in [0.5, 0.6) is 0 Å². The highest BCUT2D eigenvalue weighted by atomic mass is 79.9. The highest BCUT2D eigenvalue weighted by molar-refractivity contribution is 9.10. The number of fused-ring (bicyclic) bond motifs is 1. The minimum Gasteiger partial charge on any atom is -0.444 e. The summed E-state index contributed by atoms with van der Waals surface area (Å²) in [5, 5.41) is 2.78. The van der Waals surface area contributed by atoms with E-state index in [1.165, 1.54) is 0 Å². The summed E-state index contributed by atoms with van der Waals surface area (Å²) < 4.78 is 8.65. The molecular formula is C14H11Br2N3O2. The highest BCUT2D eigenvalue weighted by Gasteiger charge is 2.11. The smallest absolute Gasteiger partial charge is 0.287 e. The van der Waals surface area contributed by atoms with Crippen LogP contribution in [0.1, 0.15) is 21.8 Å². The van der Waals surface area contributed by atoms with Gasteiger partial charge in [0, 0.05) is 16.9 Å². The molecule has 3 aromatic heterocycles. The molecule has 0 atom stereocenters. The summed E-state index contributed by atoms with van der Waals surface area (Å²) in [6.07, 6.45) is 3.83. The van der Waals surface area contributed by atoms with Crippen molar-refractivity contribution >= 4 is 43.4 Å². The molecule has 21 heavy (non-hydrogen) atoms. The van der Waals surface area contributed by atoms with Gasteiger partial charge in [0.2, 0.25) is 0 Å². The number of amides is 1. The first-order valence-electron chi connectivity index (χ1n) is 6.20. The van der Waals surface area contributed by atoms with E-state index in [0.29, 0.717) is 11.2 Å². The molecule has 0 saturated carbocycles. The quantitative estimate of drug-likeness (QED) is 0.713. The summed E-state index contributed by atoms with van der Waals surface area (Å²) >= 11 is 6.62. The van der Waals surface area contributed by atoms with E-state index in [2.05, 4.69) is 42.2 Å². The van der Waals surface area contributed by atoms with Crippen molar-refractivity contribution < 1.29 is 9.21 Å². The van der Waals surface area contributed by atoms with E-state index in [1.54, 1.807) is 12.1 Å². The third kappa shape index (κ3) is 3.03. The molecule has 0 aromatic carbocycles. The molecule has 0 saturated heterocycles. The average Bonchev–Trinajstić information content (AvgIpc) is 3.02. The maximum Gasteiger partial charge on any atom is 0.287 e. The fourth-order valence-corrected chi connectivity index (χ4v) is 2.93. The largest absolute Gasteiger partial charge is 0.444 e. The third-order valence-electron chi connectivity index (χ3n) is 2.98. The number of imidazole rings is 1. The zero-order valence-corrected chi connectivity index (χ0v) is 14.2. The predicted molar refractivity (Wildman–Crippen MR) is 85.2 cm³/mol. The number of nitrogens with zero attached hydrogens (tertiary/aromatic N) is 2. The lowest BCUT2D eigenvalue weighted by atomic mass is 10.3. The van der Waals surface area contributed by atoms with Crippen molar-refractivity contribution in [3.05, 3.63) is 56.8 Å². The molecule has 3 heterocycles. The van der Waals surface area contributed by atoms with Crippen molar-refractivity contribution in [3.63, 3.8) is 0 Å². The highest BCUT2D eigenvalue weighted by Crippen LogP contribution is 2.17. The molecule has 1 amide bonds. The second-order valence-electron chi connectivity index (χ2n) is 4.59. The fourth-order valence-electron chi connectivity index (χ4n) is 2.06. The van der Waals surface area contributed by atoms with Gasteiger partial charge in [-0.3, -0.25) is 4.79 Å². The number of carbonyl (C=O) groups is 1. The van der Waals surface area contributed by atoms with Crippen LogP contribution in [0.4, 0.5) is 0 Å². The number of hydrogen-bond donors (Lipinski definition) is 1. The first-order chi connectivity index (χ1) is 10.0. The predicted octanol–water partition coefficient (Wildman–Crippen LogP) is 3.69. The van der Waals surface area contributed by atoms with Gasteiger partial charge in [0.25, 0.3) is 5.91 Å². The third-order valence-corrected chi connectivity index (χ3v) is 3.84. The zero-order chi connectivity index (χ0) is 15.0. The number of pyridine rings is 1. The van der Waals surface area contributed by atoms with Gasteiger partial charge in [-0.25, -0.2) is 4.98 Å². The molecule has 0 unspecified atom stereocenters. The van der Waals surface area contributed by atoms with Crippen LogP contribution in [0.2, 0.25) is 0 Å². The van der Waals surface area contributed by atoms with Crippen LogP contribution in [0.3, 0.4) is 0 Å². The molecule has 108 valence electrons. The normalized spacial score (nSPS) is 11.0. The molecule has 0 spiro atoms. The number of aromatic nitrogens is 2. The van der Waals surface area contributed by atoms with Crippen LogP contribution in [0.25, 0.3) is 5.65 Å². The Balaban J connectivity index is 1.76. The van der Waals surface area contributed by atoms with Crippen LogP contribution < -0.4 is 5.32 Å². The molecule has 0 fully saturated rings. The minimum atomic E-state index is -0.268. The van der Waals surface area contributed by atoms with Crippen LogP contribution in [0.15, 0.2) is 44.2 Å². The van der Waals surface area contributed by atoms with Gasteiger partial charge in [0.1, 0.15) is 5.65 Å². The minimum absolute atomic E-state index is 0.268. The van der Waals surface area contributed by atoms with Gasteiger partial charge >= 0.3 is 0 Å². The van der Waals surface area contributed by atoms with Gasteiger partial charge in [-0.2, -0.15) is 0 Å². The van der Waals surface area contributed by atoms with Crippen molar-refractivity contribution in [1.29, 1.82) is 0 Å². The first-order valence-corrected chi connectivity index (χ1v) is 7.79. The molecule has 7 heteroatoms. The number of halogens is 2. The molecule has 0 aliphatic rings. The zero-order valence-electron chi connectivity index (χ0n) is 11.1. The van der Waals surface area contributed by atoms with E-state index in [9.17, 15) is 4.79 Å². The average molecular weight is 413 g/mol. The van der Waals surface area contributed by atoms with Crippen molar-refractivity contribution in [3.8, 4) is 0 Å². The Kier molecular flexibility index (Phi) is 3.86. The molecule has 0 aliphatic carbocycles. The number of carbonyl (C=O) groups excluding carboxylic acids is 1. The lowest BCUT2D eigenvalue weighted by molar-refractivity contribution is 0.0921. The Morgan fingerprint density at radius 1 is 1.38 bits per heavy atom. The number of furan rings is 1. The van der Waals surface area contributed by atoms with E-state index in [1.807, 2.05) is 29.8 Å². The van der Waals surface area contributed by atoms with Gasteiger partial charge in [0.15, 0.2) is 10.4 Å². The Labute approximate surface area is 137 Å². The molecule has 3 aromatic rings. The van der Waals surface area contributed by atoms with E-state index < -0.39 is 0 Å². The van der Waals surface area contributed by atoms with E-state index in [0.717, 1.165) is 21.4 Å². The number of hydrogen-bond acceptors (Lipinski definition) is 3. The van der Waals surface area contributed by atoms with Crippen molar-refractivity contribution in [2.24, 2.45) is 0 Å². The van der Waals surface area contributed by atoms with Crippen molar-refractivity contribution in [2.75, 3.05) is 0 Å². The van der Waals surface area contributed by atoms with E-state index >= 15 is 0 Å². The second kappa shape index (κ2) is 5.65. The first kappa shape index (κ1) is 14.3. The maximum absolute atomic E-state index is 11.9. The lowest BCUT2D eigenvalue weighted by Crippen LogP contribution is -2.22. The molecule has 0 aliphatic heterocycles. The van der Waals surface area contributed by atoms with Gasteiger partial charge < -0.3 is 14.1 Å². The van der Waals surface area contributed by atoms with Gasteiger partial charge in [-0.1, -0.05) is 0 Å². The molecule has 0 radical (unpaired) electrons. The van der Waals surface area contributed by atoms with E-state index in [4.69, 9.17) is 4.42 Å². The standard InChI is InChI=1S/C14H11Br2N3O2/c1-8-4-9(15)6-19-7-10(18-13(8)19)5-17-14(20)11-2-3-12(16)21-11/h2-4,6-7H,5H2,1H3,(H,17,20). The topological polar surface area (TPSA) is 59.5 Å². The summed E-state index contributed by atoms with van der Waals surface area (Å²) in [5.41, 5.74) is 2.73. The SMILES string of the molecule is Cc1cc(Br)cn2cc(CNC(=O)c3ccc(Br)o3)nc12. The summed E-state index contributed by atoms with van der Waals surface area (Å²) in [6, 6.07) is 5.30. The maximum atomic E-state index is 11.9. The molecule has 3 rings (SSSR count). The molecule has 5 nitrogen and oxygen atoms in total. The van der Waals surface area contributed by atoms with Crippen LogP contribution in [-0.2, 0) is 6.54 Å². The molecule has 1 N–H and O–H groups in total. The van der Waals surface area contributed by atoms with Gasteiger partial charge in [-0.15, -0.1) is 0 Å². The van der Waals surface area contributed by atoms with Gasteiger partial charge in [0.05, 0.1) is 12.2 Å². The number of rotatable bonds is 3. The fraction of sp³-hybridized carbons (Fsp3) is 0.143. The number of nitrogens with one attached hydrogen (secondary N) is 1. The number of aryl methyl sites for hydroxylation is 1. The summed E-state index contributed by atoms with van der Waals surface area (Å²) in [7, 11) is 0. The lowest BCUT2D eigenvalue weighted by Gasteiger charge is -1.99. The summed E-state index contributed by atoms with van der Waals surface area (Å²) in [4.78, 5) is 16.4. The van der Waals surface area contributed by atoms with Crippen LogP contribution in [0, 0.1) is 6.92 Å². The molecular weight excluding hydrogens is 402 g/mol. The Bertz CT molecular complexity index is 823. The Hall–Kier alpha value is -1.60. The Morgan fingerprint density at radius 2 is 2.19 bits per heavy atom. The second-order valence-corrected chi connectivity index (χ2v) is 6.29. The summed E-state index contributed by atoms with van der Waals surface area (Å²) in [5.74, 6) is 0.000206. The molecule has 0 bridgehead atoms. The van der Waals surface area contributed by atoms with Gasteiger partial charge in [-0.05, 0) is 62.5 Å².